The van der Waals surface area contributed by atoms with E-state index in [1.165, 1.54) is 6.92 Å². The van der Waals surface area contributed by atoms with Gasteiger partial charge < -0.3 is 9.84 Å². The van der Waals surface area contributed by atoms with Crippen LogP contribution >= 0.6 is 12.0 Å². The lowest BCUT2D eigenvalue weighted by Crippen LogP contribution is -2.29. The van der Waals surface area contributed by atoms with E-state index in [0.29, 0.717) is 0 Å². The fourth-order valence-electron chi connectivity index (χ4n) is 0.372. The smallest absolute Gasteiger partial charge is 0.415 e. The molecule has 6 nitrogen and oxygen atoms in total. The van der Waals surface area contributed by atoms with Gasteiger partial charge in [-0.15, -0.1) is 4.33 Å². The van der Waals surface area contributed by atoms with E-state index in [1.54, 1.807) is 0 Å². The van der Waals surface area contributed by atoms with Crippen molar-refractivity contribution in [3.8, 4) is 0 Å². The van der Waals surface area contributed by atoms with Crippen LogP contribution in [-0.2, 0) is 18.9 Å². The molecule has 0 rings (SSSR count). The lowest BCUT2D eigenvalue weighted by Gasteiger charge is -2.12. The van der Waals surface area contributed by atoms with Crippen LogP contribution in [0.4, 0.5) is 8.78 Å². The molecule has 9 heteroatoms. The molecule has 0 heterocycles. The van der Waals surface area contributed by atoms with Gasteiger partial charge >= 0.3 is 11.2 Å². The Morgan fingerprint density at radius 1 is 1.64 bits per heavy atom. The van der Waals surface area contributed by atoms with Crippen molar-refractivity contribution in [1.82, 2.24) is 0 Å². The first-order valence-electron chi connectivity index (χ1n) is 3.29. The quantitative estimate of drug-likeness (QED) is 0.301. The minimum Gasteiger partial charge on any atom is -0.458 e. The third kappa shape index (κ3) is 5.29. The topological polar surface area (TPSA) is 85.2 Å². The minimum absolute atomic E-state index is 0.561. The molecule has 0 spiro atoms. The molecule has 0 aliphatic heterocycles. The van der Waals surface area contributed by atoms with Gasteiger partial charge in [-0.1, -0.05) is 5.04 Å². The lowest BCUT2D eigenvalue weighted by atomic mass is 10.4. The van der Waals surface area contributed by atoms with Crippen LogP contribution in [0.2, 0.25) is 0 Å². The average molecular weight is 234 g/mol. The molecule has 0 aliphatic rings. The zero-order valence-corrected chi connectivity index (χ0v) is 7.79. The van der Waals surface area contributed by atoms with Crippen LogP contribution in [-0.4, -0.2) is 34.3 Å². The molecule has 0 aliphatic carbocycles. The third-order valence-electron chi connectivity index (χ3n) is 0.862. The van der Waals surface area contributed by atoms with Crippen molar-refractivity contribution in [2.45, 2.75) is 18.3 Å². The largest absolute Gasteiger partial charge is 0.458 e. The number of aliphatic hydroxyl groups is 1. The van der Waals surface area contributed by atoms with Crippen molar-refractivity contribution in [3.63, 3.8) is 0 Å². The monoisotopic (exact) mass is 234 g/mol. The van der Waals surface area contributed by atoms with Crippen molar-refractivity contribution in [2.75, 3.05) is 6.61 Å². The summed E-state index contributed by atoms with van der Waals surface area (Å²) in [4.78, 5) is 10.6. The van der Waals surface area contributed by atoms with Gasteiger partial charge in [0, 0.05) is 0 Å². The number of alkyl halides is 2. The van der Waals surface area contributed by atoms with Crippen LogP contribution in [0.25, 0.3) is 0 Å². The fraction of sp³-hybridized carbons (Fsp3) is 0.800. The van der Waals surface area contributed by atoms with Gasteiger partial charge in [0.15, 0.2) is 0 Å². The number of aliphatic hydroxyl groups excluding tert-OH is 1. The Bertz CT molecular complexity index is 187. The number of hydrogen-bond acceptors (Lipinski definition) is 7. The summed E-state index contributed by atoms with van der Waals surface area (Å²) < 4.78 is 32.5. The molecule has 1 unspecified atom stereocenters. The van der Waals surface area contributed by atoms with Crippen LogP contribution in [0, 0.1) is 0 Å². The summed E-state index contributed by atoms with van der Waals surface area (Å²) in [5.41, 5.74) is 0. The van der Waals surface area contributed by atoms with Gasteiger partial charge in [-0.25, -0.2) is 10.1 Å². The van der Waals surface area contributed by atoms with Crippen molar-refractivity contribution in [1.29, 1.82) is 0 Å². The van der Waals surface area contributed by atoms with Gasteiger partial charge in [0.1, 0.15) is 18.6 Å². The SMILES string of the molecule is CC(O)COC(=O)C(F)(F)SOOO. The molecular formula is C5H8F2O6S. The molecule has 0 radical (unpaired) electrons. The Labute approximate surface area is 81.8 Å². The summed E-state index contributed by atoms with van der Waals surface area (Å²) in [6, 6.07) is 0. The normalized spacial score (nSPS) is 13.8. The number of rotatable bonds is 6. The molecule has 0 fully saturated rings. The summed E-state index contributed by atoms with van der Waals surface area (Å²) in [6.07, 6.45) is -1.05. The molecule has 0 saturated carbocycles. The van der Waals surface area contributed by atoms with Crippen molar-refractivity contribution in [2.24, 2.45) is 0 Å². The van der Waals surface area contributed by atoms with Gasteiger partial charge in [0.05, 0.1) is 6.10 Å². The molecule has 0 amide bonds. The van der Waals surface area contributed by atoms with E-state index in [0.717, 1.165) is 0 Å². The first kappa shape index (κ1) is 13.5. The van der Waals surface area contributed by atoms with Crippen molar-refractivity contribution >= 4 is 18.0 Å². The highest BCUT2D eigenvalue weighted by Gasteiger charge is 2.44. The number of hydrogen-bond donors (Lipinski definition) is 2. The zero-order valence-electron chi connectivity index (χ0n) is 6.98. The number of esters is 1. The predicted molar refractivity (Wildman–Crippen MR) is 40.0 cm³/mol. The first-order valence-corrected chi connectivity index (χ1v) is 4.03. The zero-order chi connectivity index (χ0) is 11.2. The van der Waals surface area contributed by atoms with Gasteiger partial charge in [0.2, 0.25) is 0 Å². The lowest BCUT2D eigenvalue weighted by molar-refractivity contribution is -0.433. The second-order valence-corrected chi connectivity index (χ2v) is 3.01. The van der Waals surface area contributed by atoms with E-state index >= 15 is 0 Å². The summed E-state index contributed by atoms with van der Waals surface area (Å²) in [6.45, 7) is 0.695. The molecule has 2 N–H and O–H groups in total. The van der Waals surface area contributed by atoms with Gasteiger partial charge in [-0.3, -0.25) is 0 Å². The highest BCUT2D eigenvalue weighted by atomic mass is 32.2. The van der Waals surface area contributed by atoms with Gasteiger partial charge in [-0.2, -0.15) is 8.78 Å². The molecule has 1 atom stereocenters. The standard InChI is InChI=1S/C5H8F2O6S/c1-3(8)2-11-4(9)5(6,7)14-13-12-10/h3,8,10H,2H2,1H3. The maximum Gasteiger partial charge on any atom is 0.415 e. The fourth-order valence-corrected chi connectivity index (χ4v) is 0.615. The second kappa shape index (κ2) is 6.09. The van der Waals surface area contributed by atoms with E-state index in [1.807, 2.05) is 0 Å². The molecule has 0 aromatic heterocycles. The summed E-state index contributed by atoms with van der Waals surface area (Å²) in [7, 11) is 0. The Hall–Kier alpha value is -0.480. The van der Waals surface area contributed by atoms with Crippen LogP contribution in [0.3, 0.4) is 0 Å². The van der Waals surface area contributed by atoms with Crippen molar-refractivity contribution < 1.29 is 38.0 Å². The molecule has 0 bridgehead atoms. The Morgan fingerprint density at radius 2 is 2.21 bits per heavy atom. The number of ether oxygens (including phenoxy) is 1. The number of carbonyl (C=O) groups is 1. The highest BCUT2D eigenvalue weighted by molar-refractivity contribution is 7.96. The molecule has 0 aromatic carbocycles. The molecule has 0 saturated heterocycles. The van der Waals surface area contributed by atoms with E-state index in [-0.39, 0.29) is 0 Å². The van der Waals surface area contributed by atoms with E-state index in [9.17, 15) is 13.6 Å². The van der Waals surface area contributed by atoms with Crippen LogP contribution < -0.4 is 0 Å². The Balaban J connectivity index is 3.94. The van der Waals surface area contributed by atoms with E-state index < -0.39 is 36.0 Å². The molecular weight excluding hydrogens is 226 g/mol. The Kier molecular flexibility index (Phi) is 5.88. The maximum absolute atomic E-state index is 12.5. The van der Waals surface area contributed by atoms with E-state index in [2.05, 4.69) is 14.1 Å². The van der Waals surface area contributed by atoms with E-state index in [4.69, 9.17) is 10.4 Å². The number of halogens is 2. The summed E-state index contributed by atoms with van der Waals surface area (Å²) >= 11 is -0.723. The van der Waals surface area contributed by atoms with Gasteiger partial charge in [0.25, 0.3) is 0 Å². The average Bonchev–Trinajstić information content (AvgIpc) is 2.10. The van der Waals surface area contributed by atoms with Crippen LogP contribution in [0.15, 0.2) is 0 Å². The summed E-state index contributed by atoms with van der Waals surface area (Å²) in [5, 5.41) is 15.0. The van der Waals surface area contributed by atoms with Crippen LogP contribution in [0.5, 0.6) is 0 Å². The second-order valence-electron chi connectivity index (χ2n) is 2.19. The highest BCUT2D eigenvalue weighted by Crippen LogP contribution is 2.31. The van der Waals surface area contributed by atoms with Crippen LogP contribution in [0.1, 0.15) is 6.92 Å². The maximum atomic E-state index is 12.5. The van der Waals surface area contributed by atoms with Gasteiger partial charge in [-0.05, 0) is 6.92 Å². The summed E-state index contributed by atoms with van der Waals surface area (Å²) in [5.74, 6) is -1.90. The molecule has 84 valence electrons. The molecule has 0 aromatic rings. The first-order chi connectivity index (χ1) is 6.40. The molecule has 14 heavy (non-hydrogen) atoms. The minimum atomic E-state index is -4.02. The third-order valence-corrected chi connectivity index (χ3v) is 1.37. The van der Waals surface area contributed by atoms with Crippen molar-refractivity contribution in [3.05, 3.63) is 0 Å². The Morgan fingerprint density at radius 3 is 2.64 bits per heavy atom. The number of carbonyl (C=O) groups excluding carboxylic acids is 1. The predicted octanol–water partition coefficient (Wildman–Crippen LogP) is 0.573.